The summed E-state index contributed by atoms with van der Waals surface area (Å²) in [6.45, 7) is 1.30. The Morgan fingerprint density at radius 1 is 1.30 bits per heavy atom. The number of benzene rings is 1. The molecule has 0 bridgehead atoms. The van der Waals surface area contributed by atoms with Gasteiger partial charge in [-0.2, -0.15) is 5.10 Å². The summed E-state index contributed by atoms with van der Waals surface area (Å²) >= 11 is 0. The molecule has 1 aromatic carbocycles. The van der Waals surface area contributed by atoms with Gasteiger partial charge in [-0.05, 0) is 46.9 Å². The molecule has 0 atom stereocenters. The zero-order valence-corrected chi connectivity index (χ0v) is 15.2. The van der Waals surface area contributed by atoms with Crippen LogP contribution in [0.5, 0.6) is 11.5 Å². The van der Waals surface area contributed by atoms with E-state index < -0.39 is 0 Å². The van der Waals surface area contributed by atoms with E-state index >= 15 is 0 Å². The first kappa shape index (κ1) is 18.5. The lowest BCUT2D eigenvalue weighted by molar-refractivity contribution is -0.125. The average Bonchev–Trinajstić information content (AvgIpc) is 3.13. The van der Waals surface area contributed by atoms with E-state index in [0.29, 0.717) is 43.2 Å². The molecule has 10 heteroatoms. The van der Waals surface area contributed by atoms with E-state index in [9.17, 15) is 4.79 Å². The molecule has 3 rings (SSSR count). The number of nitrogens with one attached hydrogen (secondary N) is 1. The highest BCUT2D eigenvalue weighted by Gasteiger charge is 2.27. The number of hydrogen-bond acceptors (Lipinski definition) is 9. The van der Waals surface area contributed by atoms with Crippen LogP contribution in [0.15, 0.2) is 27.9 Å². The number of amides is 1. The summed E-state index contributed by atoms with van der Waals surface area (Å²) in [5.41, 5.74) is 9.09. The number of nitrogens with zero attached hydrogens (tertiary/aromatic N) is 4. The first-order chi connectivity index (χ1) is 13.1. The lowest BCUT2D eigenvalue weighted by Gasteiger charge is -2.30. The highest BCUT2D eigenvalue weighted by atomic mass is 16.6. The molecule has 1 saturated heterocycles. The van der Waals surface area contributed by atoms with Crippen molar-refractivity contribution in [1.29, 1.82) is 0 Å². The number of anilines is 2. The molecular weight excluding hydrogens is 352 g/mol. The van der Waals surface area contributed by atoms with Crippen LogP contribution in [-0.2, 0) is 4.79 Å². The minimum Gasteiger partial charge on any atom is -0.493 e. The Labute approximate surface area is 156 Å². The van der Waals surface area contributed by atoms with Crippen LogP contribution < -0.4 is 25.5 Å². The number of ether oxygens (including phenoxy) is 2. The SMILES string of the molecule is COc1ccc(/C=N\NC(=O)C2CCN(c3nonc3N)CC2)cc1OC. The summed E-state index contributed by atoms with van der Waals surface area (Å²) in [5.74, 6) is 1.79. The van der Waals surface area contributed by atoms with Crippen molar-refractivity contribution >= 4 is 23.8 Å². The smallest absolute Gasteiger partial charge is 0.243 e. The van der Waals surface area contributed by atoms with E-state index in [0.717, 1.165) is 5.56 Å². The molecular formula is C17H22N6O4. The van der Waals surface area contributed by atoms with Gasteiger partial charge in [0.25, 0.3) is 0 Å². The largest absolute Gasteiger partial charge is 0.493 e. The van der Waals surface area contributed by atoms with Gasteiger partial charge in [-0.25, -0.2) is 10.1 Å². The first-order valence-electron chi connectivity index (χ1n) is 8.50. The molecule has 1 aliphatic heterocycles. The fourth-order valence-corrected chi connectivity index (χ4v) is 2.96. The summed E-state index contributed by atoms with van der Waals surface area (Å²) in [7, 11) is 3.14. The molecule has 2 heterocycles. The van der Waals surface area contributed by atoms with Gasteiger partial charge in [0.1, 0.15) is 0 Å². The van der Waals surface area contributed by atoms with Crippen molar-refractivity contribution in [3.63, 3.8) is 0 Å². The van der Waals surface area contributed by atoms with Gasteiger partial charge in [0, 0.05) is 19.0 Å². The summed E-state index contributed by atoms with van der Waals surface area (Å²) < 4.78 is 15.1. The summed E-state index contributed by atoms with van der Waals surface area (Å²) in [6, 6.07) is 5.39. The molecule has 10 nitrogen and oxygen atoms in total. The monoisotopic (exact) mass is 374 g/mol. The third kappa shape index (κ3) is 4.27. The number of piperidine rings is 1. The van der Waals surface area contributed by atoms with Crippen LogP contribution in [0.25, 0.3) is 0 Å². The fraction of sp³-hybridized carbons (Fsp3) is 0.412. The zero-order chi connectivity index (χ0) is 19.2. The van der Waals surface area contributed by atoms with Crippen LogP contribution in [0.4, 0.5) is 11.6 Å². The predicted molar refractivity (Wildman–Crippen MR) is 98.9 cm³/mol. The summed E-state index contributed by atoms with van der Waals surface area (Å²) in [4.78, 5) is 14.3. The Hall–Kier alpha value is -3.30. The molecule has 27 heavy (non-hydrogen) atoms. The number of carbonyl (C=O) groups excluding carboxylic acids is 1. The van der Waals surface area contributed by atoms with Crippen LogP contribution >= 0.6 is 0 Å². The van der Waals surface area contributed by atoms with E-state index in [-0.39, 0.29) is 17.6 Å². The van der Waals surface area contributed by atoms with Crippen LogP contribution in [0.2, 0.25) is 0 Å². The van der Waals surface area contributed by atoms with Crippen LogP contribution in [0, 0.1) is 5.92 Å². The molecule has 2 aromatic rings. The minimum atomic E-state index is -0.120. The van der Waals surface area contributed by atoms with E-state index in [2.05, 4.69) is 25.5 Å². The standard InChI is InChI=1S/C17H22N6O4/c1-25-13-4-3-11(9-14(13)26-2)10-19-20-17(24)12-5-7-23(8-6-12)16-15(18)21-27-22-16/h3-4,9-10,12H,5-8H2,1-2H3,(H2,18,21)(H,20,24)/b19-10-. The van der Waals surface area contributed by atoms with E-state index in [1.165, 1.54) is 0 Å². The Balaban J connectivity index is 1.51. The second-order valence-corrected chi connectivity index (χ2v) is 6.08. The Morgan fingerprint density at radius 2 is 2.04 bits per heavy atom. The molecule has 1 fully saturated rings. The number of nitrogens with two attached hydrogens (primary N) is 1. The molecule has 0 radical (unpaired) electrons. The maximum absolute atomic E-state index is 12.3. The lowest BCUT2D eigenvalue weighted by Crippen LogP contribution is -2.39. The molecule has 0 saturated carbocycles. The number of hydrazone groups is 1. The van der Waals surface area contributed by atoms with Crippen LogP contribution in [0.3, 0.4) is 0 Å². The van der Waals surface area contributed by atoms with Gasteiger partial charge >= 0.3 is 0 Å². The molecule has 144 valence electrons. The number of aromatic nitrogens is 2. The van der Waals surface area contributed by atoms with Gasteiger partial charge in [0.2, 0.25) is 17.5 Å². The number of nitrogen functional groups attached to an aromatic ring is 1. The van der Waals surface area contributed by atoms with Crippen molar-refractivity contribution in [2.75, 3.05) is 37.9 Å². The zero-order valence-electron chi connectivity index (χ0n) is 15.2. The topological polar surface area (TPSA) is 128 Å². The van der Waals surface area contributed by atoms with Crippen LogP contribution in [0.1, 0.15) is 18.4 Å². The van der Waals surface area contributed by atoms with E-state index in [1.807, 2.05) is 11.0 Å². The van der Waals surface area contributed by atoms with Crippen LogP contribution in [-0.4, -0.2) is 49.7 Å². The highest BCUT2D eigenvalue weighted by Crippen LogP contribution is 2.27. The number of methoxy groups -OCH3 is 2. The van der Waals surface area contributed by atoms with Crippen molar-refractivity contribution in [1.82, 2.24) is 15.7 Å². The lowest BCUT2D eigenvalue weighted by atomic mass is 9.96. The first-order valence-corrected chi connectivity index (χ1v) is 8.50. The molecule has 0 spiro atoms. The summed E-state index contributed by atoms with van der Waals surface area (Å²) in [6.07, 6.45) is 2.91. The number of hydrogen-bond donors (Lipinski definition) is 2. The Morgan fingerprint density at radius 3 is 2.67 bits per heavy atom. The van der Waals surface area contributed by atoms with E-state index in [4.69, 9.17) is 15.2 Å². The van der Waals surface area contributed by atoms with Crippen molar-refractivity contribution in [3.05, 3.63) is 23.8 Å². The second-order valence-electron chi connectivity index (χ2n) is 6.08. The van der Waals surface area contributed by atoms with E-state index in [1.54, 1.807) is 32.6 Å². The van der Waals surface area contributed by atoms with Crippen molar-refractivity contribution in [2.45, 2.75) is 12.8 Å². The van der Waals surface area contributed by atoms with Gasteiger partial charge < -0.3 is 20.1 Å². The minimum absolute atomic E-state index is 0.113. The van der Waals surface area contributed by atoms with Gasteiger partial charge in [-0.3, -0.25) is 4.79 Å². The van der Waals surface area contributed by atoms with Crippen molar-refractivity contribution in [3.8, 4) is 11.5 Å². The Kier molecular flexibility index (Phi) is 5.74. The molecule has 3 N–H and O–H groups in total. The third-order valence-corrected chi connectivity index (χ3v) is 4.46. The summed E-state index contributed by atoms with van der Waals surface area (Å²) in [5, 5.41) is 11.4. The van der Waals surface area contributed by atoms with Gasteiger partial charge in [-0.1, -0.05) is 0 Å². The molecule has 1 aliphatic rings. The fourth-order valence-electron chi connectivity index (χ4n) is 2.96. The molecule has 1 amide bonds. The quantitative estimate of drug-likeness (QED) is 0.567. The Bertz CT molecular complexity index is 814. The van der Waals surface area contributed by atoms with Crippen molar-refractivity contribution < 1.29 is 18.9 Å². The molecule has 0 aliphatic carbocycles. The number of rotatable bonds is 6. The van der Waals surface area contributed by atoms with Gasteiger partial charge in [0.15, 0.2) is 11.5 Å². The second kappa shape index (κ2) is 8.39. The normalized spacial score (nSPS) is 15.1. The maximum Gasteiger partial charge on any atom is 0.243 e. The van der Waals surface area contributed by atoms with Crippen molar-refractivity contribution in [2.24, 2.45) is 11.0 Å². The highest BCUT2D eigenvalue weighted by molar-refractivity contribution is 5.84. The number of carbonyl (C=O) groups is 1. The maximum atomic E-state index is 12.3. The predicted octanol–water partition coefficient (Wildman–Crippen LogP) is 1.04. The van der Waals surface area contributed by atoms with Gasteiger partial charge in [0.05, 0.1) is 20.4 Å². The van der Waals surface area contributed by atoms with Gasteiger partial charge in [-0.15, -0.1) is 0 Å². The third-order valence-electron chi connectivity index (χ3n) is 4.46. The molecule has 0 unspecified atom stereocenters. The molecule has 1 aromatic heterocycles. The average molecular weight is 374 g/mol.